The van der Waals surface area contributed by atoms with E-state index in [1.54, 1.807) is 24.3 Å². The van der Waals surface area contributed by atoms with Crippen molar-refractivity contribution in [1.82, 2.24) is 10.1 Å². The monoisotopic (exact) mass is 218 g/mol. The second kappa shape index (κ2) is 4.57. The predicted octanol–water partition coefficient (Wildman–Crippen LogP) is 1.11. The van der Waals surface area contributed by atoms with Crippen LogP contribution in [0.25, 0.3) is 0 Å². The number of aldehydes is 1. The molecule has 82 valence electrons. The van der Waals surface area contributed by atoms with Crippen molar-refractivity contribution in [1.29, 1.82) is 0 Å². The van der Waals surface area contributed by atoms with Crippen LogP contribution in [-0.2, 0) is 17.6 Å². The highest BCUT2D eigenvalue weighted by Gasteiger charge is 2.06. The molecular formula is C11H10N2O3. The highest BCUT2D eigenvalue weighted by molar-refractivity contribution is 5.52. The van der Waals surface area contributed by atoms with Gasteiger partial charge in [0, 0.05) is 0 Å². The normalized spacial score (nSPS) is 10.2. The summed E-state index contributed by atoms with van der Waals surface area (Å²) < 4.78 is 4.97. The number of carbonyl (C=O) groups is 1. The van der Waals surface area contributed by atoms with Crippen LogP contribution < -0.4 is 0 Å². The van der Waals surface area contributed by atoms with E-state index in [4.69, 9.17) is 9.63 Å². The number of benzene rings is 1. The van der Waals surface area contributed by atoms with Crippen molar-refractivity contribution in [2.45, 2.75) is 12.8 Å². The molecule has 0 aliphatic heterocycles. The maximum Gasteiger partial charge on any atom is 0.231 e. The number of phenolic OH excluding ortho intramolecular Hbond substituents is 1. The lowest BCUT2D eigenvalue weighted by Crippen LogP contribution is -1.91. The lowest BCUT2D eigenvalue weighted by molar-refractivity contribution is -0.107. The Morgan fingerprint density at radius 2 is 2.06 bits per heavy atom. The molecule has 2 aromatic rings. The van der Waals surface area contributed by atoms with Gasteiger partial charge in [0.1, 0.15) is 12.0 Å². The van der Waals surface area contributed by atoms with Crippen LogP contribution in [0.1, 0.15) is 17.3 Å². The highest BCUT2D eigenvalue weighted by Crippen LogP contribution is 2.12. The molecule has 1 N–H and O–H groups in total. The zero-order valence-electron chi connectivity index (χ0n) is 8.46. The summed E-state index contributed by atoms with van der Waals surface area (Å²) in [7, 11) is 0. The topological polar surface area (TPSA) is 76.2 Å². The Labute approximate surface area is 91.7 Å². The third-order valence-corrected chi connectivity index (χ3v) is 2.07. The third-order valence-electron chi connectivity index (χ3n) is 2.07. The fourth-order valence-electron chi connectivity index (χ4n) is 1.31. The van der Waals surface area contributed by atoms with Crippen molar-refractivity contribution in [3.63, 3.8) is 0 Å². The van der Waals surface area contributed by atoms with E-state index in [9.17, 15) is 4.79 Å². The van der Waals surface area contributed by atoms with Crippen molar-refractivity contribution in [3.8, 4) is 5.75 Å². The minimum absolute atomic E-state index is 0.166. The van der Waals surface area contributed by atoms with Crippen LogP contribution in [0.3, 0.4) is 0 Å². The van der Waals surface area contributed by atoms with Crippen LogP contribution >= 0.6 is 0 Å². The molecule has 5 heteroatoms. The number of aromatic nitrogens is 2. The second-order valence-corrected chi connectivity index (χ2v) is 3.32. The van der Waals surface area contributed by atoms with Crippen LogP contribution in [0.15, 0.2) is 28.8 Å². The van der Waals surface area contributed by atoms with Crippen LogP contribution in [0.4, 0.5) is 0 Å². The van der Waals surface area contributed by atoms with Crippen molar-refractivity contribution < 1.29 is 14.4 Å². The first-order chi connectivity index (χ1) is 7.78. The fraction of sp³-hybridized carbons (Fsp3) is 0.182. The number of hydrogen-bond acceptors (Lipinski definition) is 5. The molecule has 0 aliphatic carbocycles. The Morgan fingerprint density at radius 1 is 1.31 bits per heavy atom. The van der Waals surface area contributed by atoms with Gasteiger partial charge in [-0.25, -0.2) is 0 Å². The van der Waals surface area contributed by atoms with Gasteiger partial charge in [0.2, 0.25) is 5.89 Å². The van der Waals surface area contributed by atoms with E-state index < -0.39 is 0 Å². The third kappa shape index (κ3) is 2.44. The maximum atomic E-state index is 10.2. The summed E-state index contributed by atoms with van der Waals surface area (Å²) in [6, 6.07) is 6.74. The van der Waals surface area contributed by atoms with Gasteiger partial charge in [0.05, 0.1) is 12.8 Å². The standard InChI is InChI=1S/C11H10N2O3/c14-6-5-10-12-11(16-13-10)7-8-1-3-9(15)4-2-8/h1-4,6,15H,5,7H2. The summed E-state index contributed by atoms with van der Waals surface area (Å²) in [6.07, 6.45) is 1.39. The van der Waals surface area contributed by atoms with Gasteiger partial charge in [-0.05, 0) is 17.7 Å². The van der Waals surface area contributed by atoms with Gasteiger partial charge in [0.15, 0.2) is 5.82 Å². The van der Waals surface area contributed by atoms with Crippen LogP contribution in [0.5, 0.6) is 5.75 Å². The zero-order valence-corrected chi connectivity index (χ0v) is 8.46. The summed E-state index contributed by atoms with van der Waals surface area (Å²) >= 11 is 0. The molecule has 0 aliphatic rings. The Hall–Kier alpha value is -2.17. The number of nitrogens with zero attached hydrogens (tertiary/aromatic N) is 2. The first-order valence-electron chi connectivity index (χ1n) is 4.81. The molecule has 2 rings (SSSR count). The van der Waals surface area contributed by atoms with Crippen LogP contribution in [-0.4, -0.2) is 21.5 Å². The van der Waals surface area contributed by atoms with Crippen LogP contribution in [0.2, 0.25) is 0 Å². The molecule has 0 unspecified atom stereocenters. The van der Waals surface area contributed by atoms with Gasteiger partial charge in [-0.1, -0.05) is 17.3 Å². The summed E-state index contributed by atoms with van der Waals surface area (Å²) in [5.74, 6) is 1.07. The first kappa shape index (κ1) is 10.4. The van der Waals surface area contributed by atoms with Gasteiger partial charge in [0.25, 0.3) is 0 Å². The average Bonchev–Trinajstić information content (AvgIpc) is 2.70. The number of rotatable bonds is 4. The fourth-order valence-corrected chi connectivity index (χ4v) is 1.31. The molecule has 0 saturated carbocycles. The number of hydrogen-bond donors (Lipinski definition) is 1. The number of carbonyl (C=O) groups excluding carboxylic acids is 1. The van der Waals surface area contributed by atoms with Gasteiger partial charge in [-0.3, -0.25) is 0 Å². The molecule has 0 radical (unpaired) electrons. The molecule has 5 nitrogen and oxygen atoms in total. The van der Waals surface area contributed by atoms with Crippen molar-refractivity contribution in [3.05, 3.63) is 41.5 Å². The molecule has 1 heterocycles. The molecule has 0 bridgehead atoms. The SMILES string of the molecule is O=CCc1noc(Cc2ccc(O)cc2)n1. The Bertz CT molecular complexity index is 476. The van der Waals surface area contributed by atoms with E-state index in [0.717, 1.165) is 11.8 Å². The van der Waals surface area contributed by atoms with Gasteiger partial charge >= 0.3 is 0 Å². The van der Waals surface area contributed by atoms with Crippen LogP contribution in [0, 0.1) is 0 Å². The van der Waals surface area contributed by atoms with E-state index in [1.165, 1.54) is 0 Å². The lowest BCUT2D eigenvalue weighted by atomic mass is 10.1. The van der Waals surface area contributed by atoms with E-state index in [1.807, 2.05) is 0 Å². The first-order valence-corrected chi connectivity index (χ1v) is 4.81. The molecule has 0 atom stereocenters. The molecule has 0 saturated heterocycles. The Morgan fingerprint density at radius 3 is 2.75 bits per heavy atom. The average molecular weight is 218 g/mol. The summed E-state index contributed by atoms with van der Waals surface area (Å²) in [6.45, 7) is 0. The van der Waals surface area contributed by atoms with E-state index >= 15 is 0 Å². The minimum Gasteiger partial charge on any atom is -0.508 e. The molecule has 1 aromatic carbocycles. The van der Waals surface area contributed by atoms with E-state index in [2.05, 4.69) is 10.1 Å². The zero-order chi connectivity index (χ0) is 11.4. The van der Waals surface area contributed by atoms with Crippen molar-refractivity contribution in [2.24, 2.45) is 0 Å². The largest absolute Gasteiger partial charge is 0.508 e. The summed E-state index contributed by atoms with van der Waals surface area (Å²) in [4.78, 5) is 14.3. The van der Waals surface area contributed by atoms with Gasteiger partial charge in [-0.2, -0.15) is 4.98 Å². The minimum atomic E-state index is 0.166. The molecule has 0 fully saturated rings. The predicted molar refractivity (Wildman–Crippen MR) is 55.0 cm³/mol. The molecule has 16 heavy (non-hydrogen) atoms. The van der Waals surface area contributed by atoms with Gasteiger partial charge in [-0.15, -0.1) is 0 Å². The molecular weight excluding hydrogens is 208 g/mol. The summed E-state index contributed by atoms with van der Waals surface area (Å²) in [5.41, 5.74) is 0.958. The number of aromatic hydroxyl groups is 1. The summed E-state index contributed by atoms with van der Waals surface area (Å²) in [5, 5.41) is 12.8. The second-order valence-electron chi connectivity index (χ2n) is 3.32. The Balaban J connectivity index is 2.08. The van der Waals surface area contributed by atoms with Gasteiger partial charge < -0.3 is 14.4 Å². The lowest BCUT2D eigenvalue weighted by Gasteiger charge is -1.96. The van der Waals surface area contributed by atoms with E-state index in [0.29, 0.717) is 18.1 Å². The number of phenols is 1. The Kier molecular flexibility index (Phi) is 2.95. The molecule has 0 spiro atoms. The van der Waals surface area contributed by atoms with Crippen molar-refractivity contribution in [2.75, 3.05) is 0 Å². The van der Waals surface area contributed by atoms with Crippen molar-refractivity contribution >= 4 is 6.29 Å². The smallest absolute Gasteiger partial charge is 0.231 e. The molecule has 1 aromatic heterocycles. The quantitative estimate of drug-likeness (QED) is 0.778. The molecule has 0 amide bonds. The maximum absolute atomic E-state index is 10.2. The van der Waals surface area contributed by atoms with E-state index in [-0.39, 0.29) is 12.2 Å². The highest BCUT2D eigenvalue weighted by atomic mass is 16.5.